The second-order valence-corrected chi connectivity index (χ2v) is 7.16. The van der Waals surface area contributed by atoms with Crippen molar-refractivity contribution in [3.05, 3.63) is 32.6 Å². The SMILES string of the molecule is CCS[C@@H]1CCCC[C@@H]1NCc1cc(=O)n(C)c(=O)n1C. The van der Waals surface area contributed by atoms with Crippen LogP contribution in [0.4, 0.5) is 0 Å². The molecule has 6 heteroatoms. The molecule has 0 amide bonds. The lowest BCUT2D eigenvalue weighted by atomic mass is 9.95. The second kappa shape index (κ2) is 7.31. The molecule has 1 aliphatic carbocycles. The zero-order chi connectivity index (χ0) is 15.4. The highest BCUT2D eigenvalue weighted by Gasteiger charge is 2.24. The van der Waals surface area contributed by atoms with Gasteiger partial charge in [0.1, 0.15) is 0 Å². The Hall–Kier alpha value is -1.01. The summed E-state index contributed by atoms with van der Waals surface area (Å²) in [6, 6.07) is 2.03. The van der Waals surface area contributed by atoms with Gasteiger partial charge in [0.05, 0.1) is 0 Å². The van der Waals surface area contributed by atoms with E-state index in [-0.39, 0.29) is 11.2 Å². The Kier molecular flexibility index (Phi) is 5.70. The van der Waals surface area contributed by atoms with E-state index in [1.54, 1.807) is 17.7 Å². The van der Waals surface area contributed by atoms with Crippen molar-refractivity contribution in [2.24, 2.45) is 14.1 Å². The molecule has 0 saturated heterocycles. The Balaban J connectivity index is 2.09. The Morgan fingerprint density at radius 3 is 2.67 bits per heavy atom. The van der Waals surface area contributed by atoms with Crippen LogP contribution in [0, 0.1) is 0 Å². The summed E-state index contributed by atoms with van der Waals surface area (Å²) in [7, 11) is 3.23. The summed E-state index contributed by atoms with van der Waals surface area (Å²) < 4.78 is 2.69. The van der Waals surface area contributed by atoms with Crippen LogP contribution >= 0.6 is 11.8 Å². The van der Waals surface area contributed by atoms with E-state index in [4.69, 9.17) is 0 Å². The monoisotopic (exact) mass is 311 g/mol. The quantitative estimate of drug-likeness (QED) is 0.889. The Bertz CT molecular complexity index is 592. The van der Waals surface area contributed by atoms with E-state index < -0.39 is 0 Å². The van der Waals surface area contributed by atoms with Gasteiger partial charge in [-0.1, -0.05) is 19.8 Å². The Labute approximate surface area is 129 Å². The third-order valence-corrected chi connectivity index (χ3v) is 5.58. The lowest BCUT2D eigenvalue weighted by Gasteiger charge is -2.32. The molecule has 0 aliphatic heterocycles. The third-order valence-electron chi connectivity index (χ3n) is 4.25. The molecule has 2 rings (SSSR count). The molecule has 118 valence electrons. The fourth-order valence-electron chi connectivity index (χ4n) is 2.93. The maximum absolute atomic E-state index is 11.9. The molecule has 21 heavy (non-hydrogen) atoms. The minimum Gasteiger partial charge on any atom is -0.307 e. The molecule has 1 aliphatic rings. The number of rotatable bonds is 5. The first-order valence-electron chi connectivity index (χ1n) is 7.65. The van der Waals surface area contributed by atoms with E-state index in [1.807, 2.05) is 11.8 Å². The molecule has 0 spiro atoms. The average molecular weight is 311 g/mol. The summed E-state index contributed by atoms with van der Waals surface area (Å²) in [4.78, 5) is 23.7. The summed E-state index contributed by atoms with van der Waals surface area (Å²) in [5, 5.41) is 4.20. The summed E-state index contributed by atoms with van der Waals surface area (Å²) in [6.45, 7) is 2.77. The van der Waals surface area contributed by atoms with Crippen molar-refractivity contribution in [2.45, 2.75) is 50.4 Å². The fraction of sp³-hybridized carbons (Fsp3) is 0.733. The fourth-order valence-corrected chi connectivity index (χ4v) is 4.15. The molecule has 1 N–H and O–H groups in total. The predicted octanol–water partition coefficient (Wildman–Crippen LogP) is 1.24. The van der Waals surface area contributed by atoms with Gasteiger partial charge in [0.15, 0.2) is 0 Å². The van der Waals surface area contributed by atoms with Gasteiger partial charge in [0, 0.05) is 43.7 Å². The maximum Gasteiger partial charge on any atom is 0.330 e. The second-order valence-electron chi connectivity index (χ2n) is 5.64. The summed E-state index contributed by atoms with van der Waals surface area (Å²) >= 11 is 2.01. The van der Waals surface area contributed by atoms with Crippen molar-refractivity contribution >= 4 is 11.8 Å². The summed E-state index contributed by atoms with van der Waals surface area (Å²) in [5.74, 6) is 1.13. The number of hydrogen-bond donors (Lipinski definition) is 1. The van der Waals surface area contributed by atoms with Gasteiger partial charge >= 0.3 is 5.69 Å². The largest absolute Gasteiger partial charge is 0.330 e. The van der Waals surface area contributed by atoms with Crippen molar-refractivity contribution in [3.8, 4) is 0 Å². The first-order chi connectivity index (χ1) is 10.0. The predicted molar refractivity (Wildman–Crippen MR) is 87.9 cm³/mol. The van der Waals surface area contributed by atoms with Crippen molar-refractivity contribution < 1.29 is 0 Å². The first-order valence-corrected chi connectivity index (χ1v) is 8.70. The molecular weight excluding hydrogens is 286 g/mol. The molecule has 1 saturated carbocycles. The minimum absolute atomic E-state index is 0.238. The first kappa shape index (κ1) is 16.4. The molecule has 2 atom stereocenters. The van der Waals surface area contributed by atoms with Crippen LogP contribution in [-0.4, -0.2) is 26.2 Å². The average Bonchev–Trinajstić information content (AvgIpc) is 2.49. The summed E-state index contributed by atoms with van der Waals surface area (Å²) in [6.07, 6.45) is 5.00. The highest BCUT2D eigenvalue weighted by Crippen LogP contribution is 2.28. The smallest absolute Gasteiger partial charge is 0.307 e. The van der Waals surface area contributed by atoms with Gasteiger partial charge in [-0.25, -0.2) is 4.79 Å². The topological polar surface area (TPSA) is 56.0 Å². The third kappa shape index (κ3) is 3.80. The van der Waals surface area contributed by atoms with Crippen LogP contribution in [0.15, 0.2) is 15.7 Å². The van der Waals surface area contributed by atoms with E-state index in [2.05, 4.69) is 12.2 Å². The number of hydrogen-bond acceptors (Lipinski definition) is 4. The molecule has 1 fully saturated rings. The van der Waals surface area contributed by atoms with Gasteiger partial charge in [0.2, 0.25) is 0 Å². The van der Waals surface area contributed by atoms with Crippen LogP contribution in [0.5, 0.6) is 0 Å². The summed E-state index contributed by atoms with van der Waals surface area (Å²) in [5.41, 5.74) is 0.259. The highest BCUT2D eigenvalue weighted by molar-refractivity contribution is 7.99. The lowest BCUT2D eigenvalue weighted by molar-refractivity contribution is 0.378. The van der Waals surface area contributed by atoms with Gasteiger partial charge in [-0.2, -0.15) is 11.8 Å². The molecule has 1 aromatic rings. The van der Waals surface area contributed by atoms with E-state index in [0.717, 1.165) is 16.0 Å². The minimum atomic E-state index is -0.262. The normalized spacial score (nSPS) is 22.4. The number of nitrogens with zero attached hydrogens (tertiary/aromatic N) is 2. The van der Waals surface area contributed by atoms with Crippen LogP contribution in [-0.2, 0) is 20.6 Å². The standard InChI is InChI=1S/C15H25N3O2S/c1-4-21-13-8-6-5-7-12(13)16-10-11-9-14(19)18(3)15(20)17(11)2/h9,12-13,16H,4-8,10H2,1-3H3/t12-,13+/m0/s1. The highest BCUT2D eigenvalue weighted by atomic mass is 32.2. The molecule has 0 aromatic carbocycles. The van der Waals surface area contributed by atoms with Gasteiger partial charge in [-0.3, -0.25) is 13.9 Å². The van der Waals surface area contributed by atoms with Crippen LogP contribution < -0.4 is 16.6 Å². The van der Waals surface area contributed by atoms with Crippen LogP contribution in [0.1, 0.15) is 38.3 Å². The Morgan fingerprint density at radius 2 is 1.95 bits per heavy atom. The molecule has 0 bridgehead atoms. The van der Waals surface area contributed by atoms with Crippen molar-refractivity contribution in [3.63, 3.8) is 0 Å². The molecule has 0 radical (unpaired) electrons. The van der Waals surface area contributed by atoms with Gasteiger partial charge in [-0.05, 0) is 18.6 Å². The number of aromatic nitrogens is 2. The van der Waals surface area contributed by atoms with Crippen molar-refractivity contribution in [2.75, 3.05) is 5.75 Å². The zero-order valence-electron chi connectivity index (χ0n) is 13.1. The molecule has 5 nitrogen and oxygen atoms in total. The Morgan fingerprint density at radius 1 is 1.24 bits per heavy atom. The van der Waals surface area contributed by atoms with E-state index in [0.29, 0.717) is 17.8 Å². The number of thioether (sulfide) groups is 1. The maximum atomic E-state index is 11.9. The zero-order valence-corrected chi connectivity index (χ0v) is 13.9. The van der Waals surface area contributed by atoms with Crippen LogP contribution in [0.2, 0.25) is 0 Å². The molecule has 1 heterocycles. The van der Waals surface area contributed by atoms with Crippen LogP contribution in [0.3, 0.4) is 0 Å². The number of nitrogens with one attached hydrogen (secondary N) is 1. The van der Waals surface area contributed by atoms with Gasteiger partial charge in [0.25, 0.3) is 5.56 Å². The van der Waals surface area contributed by atoms with E-state index >= 15 is 0 Å². The van der Waals surface area contributed by atoms with E-state index in [9.17, 15) is 9.59 Å². The molecular formula is C15H25N3O2S. The molecule has 1 aromatic heterocycles. The van der Waals surface area contributed by atoms with Crippen molar-refractivity contribution in [1.29, 1.82) is 0 Å². The van der Waals surface area contributed by atoms with Gasteiger partial charge < -0.3 is 5.32 Å². The van der Waals surface area contributed by atoms with E-state index in [1.165, 1.54) is 32.7 Å². The van der Waals surface area contributed by atoms with Crippen molar-refractivity contribution in [1.82, 2.24) is 14.5 Å². The van der Waals surface area contributed by atoms with Gasteiger partial charge in [-0.15, -0.1) is 0 Å². The van der Waals surface area contributed by atoms with Crippen LogP contribution in [0.25, 0.3) is 0 Å². The lowest BCUT2D eigenvalue weighted by Crippen LogP contribution is -2.43. The molecule has 0 unspecified atom stereocenters.